The molecule has 2 aromatic rings. The van der Waals surface area contributed by atoms with Gasteiger partial charge >= 0.3 is 0 Å². The van der Waals surface area contributed by atoms with E-state index in [2.05, 4.69) is 33.4 Å². The fourth-order valence-electron chi connectivity index (χ4n) is 3.26. The Morgan fingerprint density at radius 2 is 2.25 bits per heavy atom. The summed E-state index contributed by atoms with van der Waals surface area (Å²) in [5, 5.41) is 17.2. The monoisotopic (exact) mass is 328 g/mol. The molecule has 24 heavy (non-hydrogen) atoms. The molecule has 1 N–H and O–H groups in total. The zero-order valence-electron chi connectivity index (χ0n) is 14.1. The molecule has 1 aliphatic carbocycles. The normalized spacial score (nSPS) is 20.8. The predicted octanol–water partition coefficient (Wildman–Crippen LogP) is 2.75. The predicted molar refractivity (Wildman–Crippen MR) is 91.4 cm³/mol. The van der Waals surface area contributed by atoms with E-state index < -0.39 is 0 Å². The smallest absolute Gasteiger partial charge is 0.163 e. The Hall–Kier alpha value is -2.20. The summed E-state index contributed by atoms with van der Waals surface area (Å²) in [5.41, 5.74) is 0.754. The van der Waals surface area contributed by atoms with Gasteiger partial charge in [0.2, 0.25) is 0 Å². The molecule has 1 aliphatic rings. The standard InChI is InChI=1S/C17H24N6O/c1-13-5-2-3-6-15(13)24-10-8-19-16-14-11-22-23(9-4-7-18)17(14)21-12-20-16/h11-13,15H,2-6,8-10H2,1H3,(H,19,20,21)/t13-,15-/m0/s1. The highest BCUT2D eigenvalue weighted by atomic mass is 16.5. The van der Waals surface area contributed by atoms with Gasteiger partial charge in [0.15, 0.2) is 5.65 Å². The number of aryl methyl sites for hydroxylation is 1. The van der Waals surface area contributed by atoms with Gasteiger partial charge in [-0.05, 0) is 18.8 Å². The van der Waals surface area contributed by atoms with Gasteiger partial charge in [-0.2, -0.15) is 10.4 Å². The summed E-state index contributed by atoms with van der Waals surface area (Å²) in [4.78, 5) is 8.58. The summed E-state index contributed by atoms with van der Waals surface area (Å²) < 4.78 is 7.77. The van der Waals surface area contributed by atoms with Crippen LogP contribution in [0.1, 0.15) is 39.0 Å². The van der Waals surface area contributed by atoms with E-state index in [4.69, 9.17) is 10.00 Å². The Kier molecular flexibility index (Phi) is 5.59. The molecule has 0 aliphatic heterocycles. The van der Waals surface area contributed by atoms with Crippen molar-refractivity contribution in [1.29, 1.82) is 5.26 Å². The third-order valence-corrected chi connectivity index (χ3v) is 4.63. The minimum Gasteiger partial charge on any atom is -0.376 e. The fraction of sp³-hybridized carbons (Fsp3) is 0.647. The molecule has 0 saturated heterocycles. The first kappa shape index (κ1) is 16.7. The molecule has 7 nitrogen and oxygen atoms in total. The maximum Gasteiger partial charge on any atom is 0.163 e. The van der Waals surface area contributed by atoms with Crippen molar-refractivity contribution in [3.05, 3.63) is 12.5 Å². The maximum absolute atomic E-state index is 8.71. The topological polar surface area (TPSA) is 88.7 Å². The molecular formula is C17H24N6O. The Balaban J connectivity index is 1.55. The van der Waals surface area contributed by atoms with Crippen molar-refractivity contribution in [3.63, 3.8) is 0 Å². The molecule has 128 valence electrons. The Labute approximate surface area is 142 Å². The first-order chi connectivity index (χ1) is 11.8. The molecular weight excluding hydrogens is 304 g/mol. The molecule has 0 bridgehead atoms. The Morgan fingerprint density at radius 3 is 3.08 bits per heavy atom. The lowest BCUT2D eigenvalue weighted by molar-refractivity contribution is 0.000380. The first-order valence-corrected chi connectivity index (χ1v) is 8.68. The largest absolute Gasteiger partial charge is 0.376 e. The van der Waals surface area contributed by atoms with Crippen LogP contribution in [0.2, 0.25) is 0 Å². The van der Waals surface area contributed by atoms with Crippen LogP contribution in [0.5, 0.6) is 0 Å². The Morgan fingerprint density at radius 1 is 1.38 bits per heavy atom. The Bertz CT molecular complexity index is 707. The number of nitriles is 1. The van der Waals surface area contributed by atoms with E-state index in [1.165, 1.54) is 32.0 Å². The van der Waals surface area contributed by atoms with Gasteiger partial charge in [-0.15, -0.1) is 0 Å². The molecule has 0 amide bonds. The number of hydrogen-bond donors (Lipinski definition) is 1. The number of rotatable bonds is 7. The summed E-state index contributed by atoms with van der Waals surface area (Å²) in [6.45, 7) is 4.20. The van der Waals surface area contributed by atoms with Gasteiger partial charge in [-0.25, -0.2) is 14.6 Å². The number of hydrogen-bond acceptors (Lipinski definition) is 6. The summed E-state index contributed by atoms with van der Waals surface area (Å²) in [6.07, 6.45) is 9.12. The molecule has 3 rings (SSSR count). The maximum atomic E-state index is 8.71. The molecule has 0 unspecified atom stereocenters. The summed E-state index contributed by atoms with van der Waals surface area (Å²) >= 11 is 0. The van der Waals surface area contributed by atoms with Gasteiger partial charge in [-0.1, -0.05) is 19.8 Å². The quantitative estimate of drug-likeness (QED) is 0.786. The van der Waals surface area contributed by atoms with Gasteiger partial charge in [0.25, 0.3) is 0 Å². The minimum atomic E-state index is 0.389. The second-order valence-electron chi connectivity index (χ2n) is 6.33. The van der Waals surface area contributed by atoms with Crippen LogP contribution >= 0.6 is 0 Å². The van der Waals surface area contributed by atoms with E-state index in [0.29, 0.717) is 38.1 Å². The van der Waals surface area contributed by atoms with Crippen molar-refractivity contribution in [1.82, 2.24) is 19.7 Å². The third-order valence-electron chi connectivity index (χ3n) is 4.63. The van der Waals surface area contributed by atoms with Crippen molar-refractivity contribution in [2.45, 2.75) is 51.7 Å². The lowest BCUT2D eigenvalue weighted by Gasteiger charge is -2.28. The SMILES string of the molecule is C[C@H]1CCCC[C@@H]1OCCNc1ncnc2c1cnn2CCC#N. The van der Waals surface area contributed by atoms with Crippen LogP contribution < -0.4 is 5.32 Å². The summed E-state index contributed by atoms with van der Waals surface area (Å²) in [6, 6.07) is 2.13. The zero-order valence-corrected chi connectivity index (χ0v) is 14.1. The van der Waals surface area contributed by atoms with Gasteiger partial charge < -0.3 is 10.1 Å². The van der Waals surface area contributed by atoms with Crippen LogP contribution in [-0.2, 0) is 11.3 Å². The average Bonchev–Trinajstić information content (AvgIpc) is 3.02. The number of ether oxygens (including phenoxy) is 1. The van der Waals surface area contributed by atoms with Gasteiger partial charge in [0.05, 0.1) is 43.3 Å². The van der Waals surface area contributed by atoms with E-state index in [0.717, 1.165) is 16.9 Å². The number of aromatic nitrogens is 4. The van der Waals surface area contributed by atoms with Crippen LogP contribution in [-0.4, -0.2) is 39.0 Å². The highest BCUT2D eigenvalue weighted by molar-refractivity contribution is 5.85. The third kappa shape index (κ3) is 3.82. The fourth-order valence-corrected chi connectivity index (χ4v) is 3.26. The van der Waals surface area contributed by atoms with Crippen molar-refractivity contribution in [2.75, 3.05) is 18.5 Å². The molecule has 0 radical (unpaired) electrons. The second-order valence-corrected chi connectivity index (χ2v) is 6.33. The molecule has 7 heteroatoms. The van der Waals surface area contributed by atoms with E-state index in [9.17, 15) is 0 Å². The number of fused-ring (bicyclic) bond motifs is 1. The second kappa shape index (κ2) is 8.06. The van der Waals surface area contributed by atoms with Crippen molar-refractivity contribution >= 4 is 16.9 Å². The van der Waals surface area contributed by atoms with E-state index in [1.54, 1.807) is 10.9 Å². The van der Waals surface area contributed by atoms with Crippen molar-refractivity contribution in [3.8, 4) is 6.07 Å². The summed E-state index contributed by atoms with van der Waals surface area (Å²) in [7, 11) is 0. The zero-order chi connectivity index (χ0) is 16.8. The van der Waals surface area contributed by atoms with Gasteiger partial charge in [0, 0.05) is 6.54 Å². The number of anilines is 1. The average molecular weight is 328 g/mol. The van der Waals surface area contributed by atoms with Crippen LogP contribution in [0.4, 0.5) is 5.82 Å². The number of nitrogens with one attached hydrogen (secondary N) is 1. The van der Waals surface area contributed by atoms with E-state index in [1.807, 2.05) is 0 Å². The van der Waals surface area contributed by atoms with Crippen LogP contribution in [0.15, 0.2) is 12.5 Å². The van der Waals surface area contributed by atoms with Crippen molar-refractivity contribution < 1.29 is 4.74 Å². The molecule has 1 saturated carbocycles. The lowest BCUT2D eigenvalue weighted by Crippen LogP contribution is -2.27. The summed E-state index contributed by atoms with van der Waals surface area (Å²) in [5.74, 6) is 1.42. The molecule has 2 aromatic heterocycles. The van der Waals surface area contributed by atoms with E-state index >= 15 is 0 Å². The molecule has 0 aromatic carbocycles. The van der Waals surface area contributed by atoms with E-state index in [-0.39, 0.29) is 0 Å². The van der Waals surface area contributed by atoms with Crippen LogP contribution in [0.3, 0.4) is 0 Å². The highest BCUT2D eigenvalue weighted by Gasteiger charge is 2.21. The first-order valence-electron chi connectivity index (χ1n) is 8.68. The molecule has 0 spiro atoms. The highest BCUT2D eigenvalue weighted by Crippen LogP contribution is 2.26. The minimum absolute atomic E-state index is 0.389. The molecule has 2 heterocycles. The van der Waals surface area contributed by atoms with Gasteiger partial charge in [0.1, 0.15) is 12.1 Å². The number of nitrogens with zero attached hydrogens (tertiary/aromatic N) is 5. The van der Waals surface area contributed by atoms with Crippen LogP contribution in [0.25, 0.3) is 11.0 Å². The molecule has 1 fully saturated rings. The van der Waals surface area contributed by atoms with Crippen LogP contribution in [0, 0.1) is 17.2 Å². The lowest BCUT2D eigenvalue weighted by atomic mass is 9.88. The van der Waals surface area contributed by atoms with Crippen molar-refractivity contribution in [2.24, 2.45) is 5.92 Å². The molecule has 2 atom stereocenters. The van der Waals surface area contributed by atoms with Gasteiger partial charge in [-0.3, -0.25) is 0 Å².